The van der Waals surface area contributed by atoms with Crippen LogP contribution in [0.25, 0.3) is 11.1 Å². The van der Waals surface area contributed by atoms with E-state index in [4.69, 9.17) is 40.0 Å². The highest BCUT2D eigenvalue weighted by Gasteiger charge is 2.53. The van der Waals surface area contributed by atoms with Crippen molar-refractivity contribution in [1.82, 2.24) is 58.5 Å². The summed E-state index contributed by atoms with van der Waals surface area (Å²) in [6.45, 7) is 9.82. The summed E-state index contributed by atoms with van der Waals surface area (Å²) in [5.41, 5.74) is -2.82. The second-order valence-electron chi connectivity index (χ2n) is 32.1. The number of hydrogen-bond acceptors (Lipinski definition) is 27. The maximum Gasteiger partial charge on any atom is 0.257 e. The number of hydrogen-bond donors (Lipinski definition) is 20. The largest absolute Gasteiger partial charge is 0.508 e. The zero-order chi connectivity index (χ0) is 85.4. The molecule has 6 aromatic rings. The molecule has 1 saturated heterocycles. The summed E-state index contributed by atoms with van der Waals surface area (Å²) >= 11 is 7.18. The molecule has 11 aliphatic rings. The Morgan fingerprint density at radius 2 is 1.22 bits per heavy atom. The molecular weight excluding hydrogens is 1580 g/mol. The second kappa shape index (κ2) is 36.2. The number of carbonyl (C=O) groups is 9. The summed E-state index contributed by atoms with van der Waals surface area (Å²) in [6.07, 6.45) is -13.8. The summed E-state index contributed by atoms with van der Waals surface area (Å²) in [6, 6.07) is 3.91. The molecule has 6 aromatic carbocycles. The number of phenolic OH excluding ortho intramolecular Hbond substituents is 3. The number of rotatable bonds is 20. The third kappa shape index (κ3) is 17.9. The van der Waals surface area contributed by atoms with Crippen molar-refractivity contribution >= 4 is 64.8 Å². The third-order valence-electron chi connectivity index (χ3n) is 23.4. The fourth-order valence-electron chi connectivity index (χ4n) is 17.6. The minimum Gasteiger partial charge on any atom is -0.508 e. The van der Waals surface area contributed by atoms with Crippen molar-refractivity contribution in [3.05, 3.63) is 141 Å². The maximum atomic E-state index is 16.5. The van der Waals surface area contributed by atoms with Crippen LogP contribution < -0.4 is 82.2 Å². The van der Waals surface area contributed by atoms with E-state index in [-0.39, 0.29) is 105 Å². The first-order valence-electron chi connectivity index (χ1n) is 40.2. The van der Waals surface area contributed by atoms with Gasteiger partial charge in [-0.1, -0.05) is 57.5 Å². The zero-order valence-electron chi connectivity index (χ0n) is 66.1. The lowest BCUT2D eigenvalue weighted by Crippen LogP contribution is -2.60. The molecule has 15 atom stereocenters. The Morgan fingerprint density at radius 1 is 0.583 bits per heavy atom. The fourth-order valence-corrected chi connectivity index (χ4v) is 17.8. The smallest absolute Gasteiger partial charge is 0.257 e. The number of phenols is 3. The van der Waals surface area contributed by atoms with Crippen LogP contribution in [-0.2, 0) is 43.1 Å². The number of imide groups is 1. The molecule has 20 N–H and O–H groups in total. The first kappa shape index (κ1) is 85.5. The number of likely N-dealkylation sites (N-methyl/N-ethyl adjacent to an activating group) is 3. The molecule has 5 fully saturated rings. The number of nitrogens with one attached hydrogen (secondary N) is 11. The number of benzene rings is 6. The van der Waals surface area contributed by atoms with Gasteiger partial charge in [0, 0.05) is 47.5 Å². The standard InChI is InChI=1S/C84H98ClN11O24/c1-6-87-16-18-115-56-15-11-41(29-57(56)116-19-17-88-7-2)76(107)90-60(100)34-51-78(109)92-64-44-30-58-74(119-84-73(106)71(104)72(105)75(120-84)70(103)47-27-39(9-13-54(47)117-58)68(101)66(82(113)89-51)95-77(108)50(86-5)20-35(3)4)59(31-44)118-55-14-10-40(28-49(55)85)69(102)67-83(114)94-65(81(112)91-62-42-22-36-21-37(24-42)25-43(62)23-36)48-32-45(97)33-53(99)61(48)46-26-38(8-12-52(46)98)63(79(110)96-67)93-80(64)111/h8-15,26-33,35-37,42-43,50-51,62-73,75,84,86-88,97-99,101-106H,6-7,16-25,34H2,1-5H3,(H,89,113)(H,91,112)(H,92,109)(H,93,111)(H,94,114)(H,95,108)(H,96,110)(H,90,100,107)/t36?,37?,42?,43?,50-,51+,62?,63-,64-,65+,66-,67+,68-,69-,70?,71+,72+,73-,75-,84-/m1/s1. The number of aliphatic hydroxyl groups excluding tert-OH is 6. The van der Waals surface area contributed by atoms with Gasteiger partial charge in [0.2, 0.25) is 59.3 Å². The highest BCUT2D eigenvalue weighted by atomic mass is 35.5. The number of carbonyl (C=O) groups excluding carboxylic acids is 9. The van der Waals surface area contributed by atoms with Crippen molar-refractivity contribution in [1.29, 1.82) is 0 Å². The highest BCUT2D eigenvalue weighted by molar-refractivity contribution is 6.32. The van der Waals surface area contributed by atoms with Gasteiger partial charge in [-0.3, -0.25) is 48.5 Å². The molecular formula is C84H98ClN11O24. The van der Waals surface area contributed by atoms with E-state index in [2.05, 4.69) is 58.5 Å². The highest BCUT2D eigenvalue weighted by Crippen LogP contribution is 2.55. The van der Waals surface area contributed by atoms with Crippen LogP contribution in [-0.4, -0.2) is 206 Å². The third-order valence-corrected chi connectivity index (χ3v) is 23.7. The van der Waals surface area contributed by atoms with E-state index in [1.165, 1.54) is 49.5 Å². The van der Waals surface area contributed by atoms with Gasteiger partial charge in [0.15, 0.2) is 23.0 Å². The van der Waals surface area contributed by atoms with Crippen LogP contribution in [0.3, 0.4) is 0 Å². The lowest BCUT2D eigenvalue weighted by atomic mass is 9.54. The zero-order valence-corrected chi connectivity index (χ0v) is 66.8. The first-order chi connectivity index (χ1) is 57.4. The molecule has 0 radical (unpaired) electrons. The summed E-state index contributed by atoms with van der Waals surface area (Å²) in [5, 5.41) is 139. The molecule has 4 aliphatic carbocycles. The predicted molar refractivity (Wildman–Crippen MR) is 425 cm³/mol. The number of aliphatic hydroxyl groups is 6. The number of ether oxygens (including phenoxy) is 6. The normalized spacial score (nSPS) is 28.1. The van der Waals surface area contributed by atoms with Crippen LogP contribution in [0.15, 0.2) is 97.1 Å². The van der Waals surface area contributed by atoms with E-state index in [1.807, 2.05) is 27.7 Å². The Hall–Kier alpha value is -11.0. The van der Waals surface area contributed by atoms with E-state index in [0.717, 1.165) is 86.7 Å². The molecule has 0 spiro atoms. The molecule has 4 saturated carbocycles. The number of halogens is 1. The molecule has 36 heteroatoms. The molecule has 640 valence electrons. The number of aromatic hydroxyl groups is 3. The van der Waals surface area contributed by atoms with Crippen LogP contribution >= 0.6 is 11.6 Å². The Labute approximate surface area is 693 Å². The summed E-state index contributed by atoms with van der Waals surface area (Å²) in [5.74, 6) is -14.3. The van der Waals surface area contributed by atoms with Crippen molar-refractivity contribution in [2.45, 2.75) is 170 Å². The quantitative estimate of drug-likeness (QED) is 0.0488. The lowest BCUT2D eigenvalue weighted by Gasteiger charge is -2.54. The predicted octanol–water partition coefficient (Wildman–Crippen LogP) is 2.57. The second-order valence-corrected chi connectivity index (χ2v) is 32.5. The van der Waals surface area contributed by atoms with Gasteiger partial charge in [-0.15, -0.1) is 0 Å². The van der Waals surface area contributed by atoms with Crippen LogP contribution in [0.2, 0.25) is 5.02 Å². The van der Waals surface area contributed by atoms with E-state index >= 15 is 28.8 Å². The van der Waals surface area contributed by atoms with E-state index in [9.17, 15) is 60.3 Å². The summed E-state index contributed by atoms with van der Waals surface area (Å²) < 4.78 is 38.0. The van der Waals surface area contributed by atoms with Gasteiger partial charge in [-0.05, 0) is 189 Å². The monoisotopic (exact) mass is 1680 g/mol. The first-order valence-corrected chi connectivity index (χ1v) is 40.6. The molecule has 9 amide bonds. The van der Waals surface area contributed by atoms with Gasteiger partial charge in [-0.2, -0.15) is 0 Å². The van der Waals surface area contributed by atoms with Crippen molar-refractivity contribution in [2.75, 3.05) is 46.4 Å². The minimum absolute atomic E-state index is 0.0676. The fraction of sp³-hybridized carbons (Fsp3) is 0.464. The van der Waals surface area contributed by atoms with Gasteiger partial charge in [-0.25, -0.2) is 0 Å². The Kier molecular flexibility index (Phi) is 25.7. The van der Waals surface area contributed by atoms with Crippen molar-refractivity contribution in [3.63, 3.8) is 0 Å². The summed E-state index contributed by atoms with van der Waals surface area (Å²) in [4.78, 5) is 139. The lowest BCUT2D eigenvalue weighted by molar-refractivity contribution is -0.290. The SMILES string of the molecule is CCNCCOc1ccc(C(=O)NC(=O)C[C@@H]2NC(=O)[C@H](NC(=O)[C@@H](CC(C)C)NC)[C@H](O)c3ccc4c(c3)C(O)[C@H]3O[C@@H](Oc5c6cc(cc5O4)[C@@H](NC2=O)C(=O)N[C@H]2C(=O)N[C@H](C(=O)N[C@H](C(=O)NC4C5CC7CC(C5)CC4C7)c4cc(O)cc(O)c4-c4cc2ccc4O)[C@H](O)c2ccc(c(Cl)c2)O6)[C@H](O)[C@@H](O)[C@@H]3O)cc1OCCNCC. The van der Waals surface area contributed by atoms with Gasteiger partial charge in [0.1, 0.15) is 121 Å². The van der Waals surface area contributed by atoms with Crippen LogP contribution in [0, 0.1) is 29.6 Å². The Bertz CT molecular complexity index is 4930. The molecule has 7 aliphatic heterocycles. The van der Waals surface area contributed by atoms with Gasteiger partial charge >= 0.3 is 0 Å². The van der Waals surface area contributed by atoms with Crippen molar-refractivity contribution in [2.24, 2.45) is 29.6 Å². The molecule has 120 heavy (non-hydrogen) atoms. The van der Waals surface area contributed by atoms with Crippen LogP contribution in [0.5, 0.6) is 57.5 Å². The molecule has 1 unspecified atom stereocenters. The van der Waals surface area contributed by atoms with Gasteiger partial charge in [0.25, 0.3) is 5.91 Å². The minimum atomic E-state index is -2.38. The van der Waals surface area contributed by atoms with Gasteiger partial charge < -0.3 is 128 Å². The van der Waals surface area contributed by atoms with E-state index in [1.54, 1.807) is 0 Å². The maximum absolute atomic E-state index is 16.5. The Morgan fingerprint density at radius 3 is 1.88 bits per heavy atom. The Balaban J connectivity index is 0.942. The van der Waals surface area contributed by atoms with E-state index < -0.39 is 202 Å². The van der Waals surface area contributed by atoms with Crippen LogP contribution in [0.1, 0.15) is 153 Å². The van der Waals surface area contributed by atoms with Crippen LogP contribution in [0.4, 0.5) is 0 Å². The van der Waals surface area contributed by atoms with Gasteiger partial charge in [0.05, 0.1) is 17.5 Å². The molecule has 18 bridgehead atoms. The van der Waals surface area contributed by atoms with E-state index in [0.29, 0.717) is 38.0 Å². The van der Waals surface area contributed by atoms with Crippen molar-refractivity contribution in [3.8, 4) is 68.6 Å². The number of fused-ring (bicyclic) bond motifs is 16. The molecule has 7 heterocycles. The average Bonchev–Trinajstić information content (AvgIpc) is 0.758. The topological polar surface area (TPSA) is 523 Å². The molecule has 35 nitrogen and oxygen atoms in total. The molecule has 0 aromatic heterocycles. The summed E-state index contributed by atoms with van der Waals surface area (Å²) in [7, 11) is 1.46. The molecule has 17 rings (SSSR count). The van der Waals surface area contributed by atoms with Crippen molar-refractivity contribution < 1.29 is 118 Å². The number of amides is 9. The average molecular weight is 1680 g/mol.